The highest BCUT2D eigenvalue weighted by molar-refractivity contribution is 5.22. The molecule has 0 radical (unpaired) electrons. The predicted molar refractivity (Wildman–Crippen MR) is 55.6 cm³/mol. The van der Waals surface area contributed by atoms with E-state index in [0.717, 1.165) is 11.6 Å². The Labute approximate surface area is 88.7 Å². The van der Waals surface area contributed by atoms with Crippen LogP contribution in [0.1, 0.15) is 31.7 Å². The number of hydrogen-bond acceptors (Lipinski definition) is 1. The average molecular weight is 214 g/mol. The molecule has 1 rings (SSSR count). The second kappa shape index (κ2) is 5.21. The Morgan fingerprint density at radius 3 is 2.33 bits per heavy atom. The van der Waals surface area contributed by atoms with E-state index in [9.17, 15) is 8.78 Å². The molecule has 15 heavy (non-hydrogen) atoms. The van der Waals surface area contributed by atoms with Crippen molar-refractivity contribution in [2.24, 2.45) is 5.92 Å². The molecule has 84 valence electrons. The molecule has 0 amide bonds. The smallest absolute Gasteiger partial charge is 0.159 e. The summed E-state index contributed by atoms with van der Waals surface area (Å²) in [5.41, 5.74) is 0.748. The van der Waals surface area contributed by atoms with Crippen LogP contribution in [0.4, 0.5) is 8.78 Å². The summed E-state index contributed by atoms with van der Waals surface area (Å²) < 4.78 is 25.7. The van der Waals surface area contributed by atoms with Crippen LogP contribution < -0.4 is 0 Å². The zero-order chi connectivity index (χ0) is 11.4. The van der Waals surface area contributed by atoms with Gasteiger partial charge in [0.2, 0.25) is 0 Å². The summed E-state index contributed by atoms with van der Waals surface area (Å²) in [6.07, 6.45) is 0.572. The molecule has 0 saturated carbocycles. The molecule has 1 N–H and O–H groups in total. The van der Waals surface area contributed by atoms with Crippen molar-refractivity contribution in [1.29, 1.82) is 0 Å². The quantitative estimate of drug-likeness (QED) is 0.816. The largest absolute Gasteiger partial charge is 0.396 e. The molecular formula is C12H16F2O. The molecule has 0 saturated heterocycles. The second-order valence-electron chi connectivity index (χ2n) is 4.04. The molecule has 1 aromatic carbocycles. The van der Waals surface area contributed by atoms with Crippen LogP contribution in [0.15, 0.2) is 18.2 Å². The third-order valence-electron chi connectivity index (χ3n) is 2.62. The van der Waals surface area contributed by atoms with Crippen molar-refractivity contribution in [2.45, 2.75) is 26.2 Å². The van der Waals surface area contributed by atoms with Crippen LogP contribution in [-0.4, -0.2) is 11.7 Å². The van der Waals surface area contributed by atoms with E-state index in [1.807, 2.05) is 13.8 Å². The maximum absolute atomic E-state index is 13.0. The predicted octanol–water partition coefficient (Wildman–Crippen LogP) is 3.09. The van der Waals surface area contributed by atoms with Gasteiger partial charge in [0.25, 0.3) is 0 Å². The molecule has 3 heteroatoms. The average Bonchev–Trinajstić information content (AvgIpc) is 2.18. The summed E-state index contributed by atoms with van der Waals surface area (Å²) in [5, 5.41) is 8.90. The standard InChI is InChI=1S/C12H16F2O/c1-8(2)10(5-6-15)9-3-4-11(13)12(14)7-9/h3-4,7-8,10,15H,5-6H2,1-2H3. The first kappa shape index (κ1) is 12.1. The second-order valence-corrected chi connectivity index (χ2v) is 4.04. The summed E-state index contributed by atoms with van der Waals surface area (Å²) in [6.45, 7) is 4.06. The molecule has 0 aliphatic carbocycles. The fraction of sp³-hybridized carbons (Fsp3) is 0.500. The van der Waals surface area contributed by atoms with E-state index < -0.39 is 11.6 Å². The number of aliphatic hydroxyl groups is 1. The van der Waals surface area contributed by atoms with Gasteiger partial charge in [-0.2, -0.15) is 0 Å². The Bertz CT molecular complexity index is 323. The first-order valence-electron chi connectivity index (χ1n) is 5.12. The van der Waals surface area contributed by atoms with Gasteiger partial charge in [-0.3, -0.25) is 0 Å². The zero-order valence-corrected chi connectivity index (χ0v) is 9.00. The van der Waals surface area contributed by atoms with Crippen LogP contribution in [0.25, 0.3) is 0 Å². The molecule has 0 aromatic heterocycles. The summed E-state index contributed by atoms with van der Waals surface area (Å²) >= 11 is 0. The lowest BCUT2D eigenvalue weighted by Crippen LogP contribution is -2.09. The minimum Gasteiger partial charge on any atom is -0.396 e. The third kappa shape index (κ3) is 2.99. The highest BCUT2D eigenvalue weighted by Crippen LogP contribution is 2.28. The molecule has 0 heterocycles. The molecule has 1 atom stereocenters. The monoisotopic (exact) mass is 214 g/mol. The lowest BCUT2D eigenvalue weighted by molar-refractivity contribution is 0.261. The van der Waals surface area contributed by atoms with E-state index >= 15 is 0 Å². The zero-order valence-electron chi connectivity index (χ0n) is 9.00. The molecule has 0 bridgehead atoms. The number of halogens is 2. The van der Waals surface area contributed by atoms with Crippen LogP contribution in [0.2, 0.25) is 0 Å². The lowest BCUT2D eigenvalue weighted by Gasteiger charge is -2.20. The molecule has 0 spiro atoms. The Morgan fingerprint density at radius 2 is 1.87 bits per heavy atom. The van der Waals surface area contributed by atoms with Crippen molar-refractivity contribution >= 4 is 0 Å². The van der Waals surface area contributed by atoms with Crippen molar-refractivity contribution in [3.63, 3.8) is 0 Å². The van der Waals surface area contributed by atoms with Crippen LogP contribution in [-0.2, 0) is 0 Å². The van der Waals surface area contributed by atoms with Crippen molar-refractivity contribution < 1.29 is 13.9 Å². The first-order valence-corrected chi connectivity index (χ1v) is 5.12. The molecule has 0 aliphatic rings. The number of benzene rings is 1. The van der Waals surface area contributed by atoms with E-state index in [2.05, 4.69) is 0 Å². The van der Waals surface area contributed by atoms with Gasteiger partial charge in [0.1, 0.15) is 0 Å². The van der Waals surface area contributed by atoms with Gasteiger partial charge in [-0.1, -0.05) is 19.9 Å². The minimum absolute atomic E-state index is 0.0574. The van der Waals surface area contributed by atoms with Gasteiger partial charge in [0, 0.05) is 6.61 Å². The van der Waals surface area contributed by atoms with Crippen LogP contribution in [0.3, 0.4) is 0 Å². The summed E-state index contributed by atoms with van der Waals surface area (Å²) in [7, 11) is 0. The summed E-state index contributed by atoms with van der Waals surface area (Å²) in [6, 6.07) is 3.94. The Hall–Kier alpha value is -0.960. The lowest BCUT2D eigenvalue weighted by atomic mass is 9.86. The van der Waals surface area contributed by atoms with E-state index in [-0.39, 0.29) is 12.5 Å². The molecular weight excluding hydrogens is 198 g/mol. The highest BCUT2D eigenvalue weighted by Gasteiger charge is 2.16. The van der Waals surface area contributed by atoms with E-state index in [1.54, 1.807) is 6.07 Å². The van der Waals surface area contributed by atoms with Gasteiger partial charge in [0.15, 0.2) is 11.6 Å². The maximum Gasteiger partial charge on any atom is 0.159 e. The number of rotatable bonds is 4. The minimum atomic E-state index is -0.828. The van der Waals surface area contributed by atoms with Crippen molar-refractivity contribution in [3.8, 4) is 0 Å². The topological polar surface area (TPSA) is 20.2 Å². The van der Waals surface area contributed by atoms with Crippen molar-refractivity contribution in [3.05, 3.63) is 35.4 Å². The third-order valence-corrected chi connectivity index (χ3v) is 2.62. The SMILES string of the molecule is CC(C)C(CCO)c1ccc(F)c(F)c1. The van der Waals surface area contributed by atoms with Gasteiger partial charge >= 0.3 is 0 Å². The normalized spacial score (nSPS) is 13.2. The molecule has 0 fully saturated rings. The van der Waals surface area contributed by atoms with Gasteiger partial charge in [-0.25, -0.2) is 8.78 Å². The fourth-order valence-electron chi connectivity index (χ4n) is 1.77. The van der Waals surface area contributed by atoms with E-state index in [0.29, 0.717) is 12.3 Å². The number of hydrogen-bond donors (Lipinski definition) is 1. The number of aliphatic hydroxyl groups excluding tert-OH is 1. The Kier molecular flexibility index (Phi) is 4.21. The Morgan fingerprint density at radius 1 is 1.20 bits per heavy atom. The maximum atomic E-state index is 13.0. The van der Waals surface area contributed by atoms with Crippen LogP contribution >= 0.6 is 0 Å². The van der Waals surface area contributed by atoms with Crippen molar-refractivity contribution in [2.75, 3.05) is 6.61 Å². The Balaban J connectivity index is 2.95. The van der Waals surface area contributed by atoms with Gasteiger partial charge in [-0.15, -0.1) is 0 Å². The molecule has 0 aliphatic heterocycles. The highest BCUT2D eigenvalue weighted by atomic mass is 19.2. The summed E-state index contributed by atoms with van der Waals surface area (Å²) in [5.74, 6) is -1.28. The molecule has 1 aromatic rings. The molecule has 1 nitrogen and oxygen atoms in total. The van der Waals surface area contributed by atoms with Crippen molar-refractivity contribution in [1.82, 2.24) is 0 Å². The fourth-order valence-corrected chi connectivity index (χ4v) is 1.77. The first-order chi connectivity index (χ1) is 7.06. The van der Waals surface area contributed by atoms with Gasteiger partial charge < -0.3 is 5.11 Å². The van der Waals surface area contributed by atoms with Gasteiger partial charge in [0.05, 0.1) is 0 Å². The van der Waals surface area contributed by atoms with Gasteiger partial charge in [-0.05, 0) is 36.0 Å². The summed E-state index contributed by atoms with van der Waals surface area (Å²) in [4.78, 5) is 0. The van der Waals surface area contributed by atoms with E-state index in [1.165, 1.54) is 6.07 Å². The molecule has 1 unspecified atom stereocenters. The van der Waals surface area contributed by atoms with Crippen LogP contribution in [0.5, 0.6) is 0 Å². The van der Waals surface area contributed by atoms with Crippen LogP contribution in [0, 0.1) is 17.6 Å². The van der Waals surface area contributed by atoms with E-state index in [4.69, 9.17) is 5.11 Å².